The molecule has 0 aliphatic rings. The van der Waals surface area contributed by atoms with Gasteiger partial charge in [-0.05, 0) is 11.6 Å². The maximum atomic E-state index is 11.1. The Morgan fingerprint density at radius 2 is 2.00 bits per heavy atom. The molecule has 0 fully saturated rings. The van der Waals surface area contributed by atoms with Crippen molar-refractivity contribution < 1.29 is 8.42 Å². The molecular weight excluding hydrogens is 208 g/mol. The summed E-state index contributed by atoms with van der Waals surface area (Å²) in [6, 6.07) is 6.85. The van der Waals surface area contributed by atoms with Gasteiger partial charge in [-0.1, -0.05) is 36.4 Å². The van der Waals surface area contributed by atoms with E-state index in [-0.39, 0.29) is 5.75 Å². The standard InChI is InChI=1S/C9H9ClO2S/c1-2-13(11,12)7-8-5-3-4-6-9(8)10/h2-6H,1,7H2. The predicted octanol–water partition coefficient (Wildman–Crippen LogP) is 2.40. The van der Waals surface area contributed by atoms with Gasteiger partial charge >= 0.3 is 0 Å². The van der Waals surface area contributed by atoms with Gasteiger partial charge in [-0.25, -0.2) is 8.42 Å². The van der Waals surface area contributed by atoms with Crippen LogP contribution in [0.1, 0.15) is 5.56 Å². The highest BCUT2D eigenvalue weighted by Crippen LogP contribution is 2.17. The third-order valence-corrected chi connectivity index (χ3v) is 3.16. The Morgan fingerprint density at radius 3 is 2.54 bits per heavy atom. The summed E-state index contributed by atoms with van der Waals surface area (Å²) in [7, 11) is -3.22. The molecule has 0 N–H and O–H groups in total. The summed E-state index contributed by atoms with van der Waals surface area (Å²) >= 11 is 5.79. The van der Waals surface area contributed by atoms with Crippen LogP contribution >= 0.6 is 11.6 Å². The molecule has 1 rings (SSSR count). The van der Waals surface area contributed by atoms with Gasteiger partial charge in [0.1, 0.15) is 0 Å². The van der Waals surface area contributed by atoms with Crippen LogP contribution < -0.4 is 0 Å². The zero-order valence-corrected chi connectivity index (χ0v) is 8.48. The molecule has 0 spiro atoms. The van der Waals surface area contributed by atoms with E-state index in [2.05, 4.69) is 6.58 Å². The molecule has 0 bridgehead atoms. The number of sulfone groups is 1. The molecule has 0 unspecified atom stereocenters. The Labute approximate surface area is 82.8 Å². The van der Waals surface area contributed by atoms with Crippen molar-refractivity contribution in [3.05, 3.63) is 46.8 Å². The van der Waals surface area contributed by atoms with Gasteiger partial charge in [0.05, 0.1) is 5.75 Å². The maximum absolute atomic E-state index is 11.1. The van der Waals surface area contributed by atoms with Gasteiger partial charge in [-0.15, -0.1) is 0 Å². The van der Waals surface area contributed by atoms with Crippen LogP contribution in [0.2, 0.25) is 5.02 Å². The minimum Gasteiger partial charge on any atom is -0.224 e. The molecule has 0 saturated carbocycles. The summed E-state index contributed by atoms with van der Waals surface area (Å²) in [5.74, 6) is -0.0871. The van der Waals surface area contributed by atoms with E-state index in [1.807, 2.05) is 0 Å². The first-order valence-corrected chi connectivity index (χ1v) is 5.73. The molecule has 1 aromatic rings. The average Bonchev–Trinajstić information content (AvgIpc) is 2.09. The van der Waals surface area contributed by atoms with Crippen molar-refractivity contribution in [3.8, 4) is 0 Å². The van der Waals surface area contributed by atoms with E-state index in [0.717, 1.165) is 5.41 Å². The van der Waals surface area contributed by atoms with E-state index < -0.39 is 9.84 Å². The SMILES string of the molecule is C=CS(=O)(=O)Cc1ccccc1Cl. The molecule has 70 valence electrons. The second kappa shape index (κ2) is 3.94. The van der Waals surface area contributed by atoms with Gasteiger partial charge in [-0.3, -0.25) is 0 Å². The Hall–Kier alpha value is -0.800. The molecule has 0 aliphatic heterocycles. The summed E-state index contributed by atoms with van der Waals surface area (Å²) in [5, 5.41) is 1.41. The minimum absolute atomic E-state index is 0.0871. The molecule has 1 aromatic carbocycles. The maximum Gasteiger partial charge on any atom is 0.175 e. The van der Waals surface area contributed by atoms with E-state index in [9.17, 15) is 8.42 Å². The predicted molar refractivity (Wildman–Crippen MR) is 54.3 cm³/mol. The van der Waals surface area contributed by atoms with Gasteiger partial charge in [-0.2, -0.15) is 0 Å². The molecule has 0 atom stereocenters. The van der Waals surface area contributed by atoms with E-state index >= 15 is 0 Å². The third kappa shape index (κ3) is 2.86. The third-order valence-electron chi connectivity index (χ3n) is 1.57. The van der Waals surface area contributed by atoms with Crippen LogP contribution in [-0.2, 0) is 15.6 Å². The fourth-order valence-electron chi connectivity index (χ4n) is 0.891. The summed E-state index contributed by atoms with van der Waals surface area (Å²) in [4.78, 5) is 0. The first-order chi connectivity index (χ1) is 6.05. The zero-order valence-electron chi connectivity index (χ0n) is 6.90. The lowest BCUT2D eigenvalue weighted by atomic mass is 10.2. The molecular formula is C9H9ClO2S. The Morgan fingerprint density at radius 1 is 1.38 bits per heavy atom. The summed E-state index contributed by atoms with van der Waals surface area (Å²) in [6.45, 7) is 3.23. The Kier molecular flexibility index (Phi) is 3.12. The Balaban J connectivity index is 3.00. The van der Waals surface area contributed by atoms with Crippen molar-refractivity contribution in [2.45, 2.75) is 5.75 Å². The lowest BCUT2D eigenvalue weighted by molar-refractivity contribution is 0.604. The molecule has 2 nitrogen and oxygen atoms in total. The van der Waals surface area contributed by atoms with Crippen LogP contribution in [-0.4, -0.2) is 8.42 Å². The van der Waals surface area contributed by atoms with Crippen molar-refractivity contribution in [2.75, 3.05) is 0 Å². The van der Waals surface area contributed by atoms with Gasteiger partial charge in [0.25, 0.3) is 0 Å². The van der Waals surface area contributed by atoms with E-state index in [0.29, 0.717) is 10.6 Å². The van der Waals surface area contributed by atoms with E-state index in [1.165, 1.54) is 0 Å². The molecule has 0 aliphatic carbocycles. The number of hydrogen-bond donors (Lipinski definition) is 0. The Bertz CT molecular complexity index is 409. The summed E-state index contributed by atoms with van der Waals surface area (Å²) in [6.07, 6.45) is 0. The van der Waals surface area contributed by atoms with Crippen LogP contribution in [0.3, 0.4) is 0 Å². The second-order valence-electron chi connectivity index (χ2n) is 2.57. The fraction of sp³-hybridized carbons (Fsp3) is 0.111. The fourth-order valence-corrected chi connectivity index (χ4v) is 1.98. The highest BCUT2D eigenvalue weighted by atomic mass is 35.5. The molecule has 0 heterocycles. The first-order valence-electron chi connectivity index (χ1n) is 3.64. The number of hydrogen-bond acceptors (Lipinski definition) is 2. The monoisotopic (exact) mass is 216 g/mol. The molecule has 13 heavy (non-hydrogen) atoms. The van der Waals surface area contributed by atoms with Gasteiger partial charge in [0.2, 0.25) is 0 Å². The average molecular weight is 217 g/mol. The van der Waals surface area contributed by atoms with E-state index in [4.69, 9.17) is 11.6 Å². The topological polar surface area (TPSA) is 34.1 Å². The van der Waals surface area contributed by atoms with Crippen LogP contribution in [0.5, 0.6) is 0 Å². The van der Waals surface area contributed by atoms with Crippen molar-refractivity contribution in [2.24, 2.45) is 0 Å². The largest absolute Gasteiger partial charge is 0.224 e. The van der Waals surface area contributed by atoms with Crippen LogP contribution in [0.25, 0.3) is 0 Å². The zero-order chi connectivity index (χ0) is 9.90. The molecule has 0 aromatic heterocycles. The molecule has 0 radical (unpaired) electrons. The number of rotatable bonds is 3. The van der Waals surface area contributed by atoms with Crippen LogP contribution in [0, 0.1) is 0 Å². The molecule has 0 saturated heterocycles. The van der Waals surface area contributed by atoms with Crippen LogP contribution in [0.15, 0.2) is 36.3 Å². The summed E-state index contributed by atoms with van der Waals surface area (Å²) in [5.41, 5.74) is 0.601. The quantitative estimate of drug-likeness (QED) is 0.778. The van der Waals surface area contributed by atoms with Crippen molar-refractivity contribution in [1.29, 1.82) is 0 Å². The van der Waals surface area contributed by atoms with Gasteiger partial charge in [0, 0.05) is 10.4 Å². The van der Waals surface area contributed by atoms with Crippen molar-refractivity contribution in [3.63, 3.8) is 0 Å². The smallest absolute Gasteiger partial charge is 0.175 e. The van der Waals surface area contributed by atoms with Crippen molar-refractivity contribution >= 4 is 21.4 Å². The summed E-state index contributed by atoms with van der Waals surface area (Å²) < 4.78 is 22.3. The molecule has 0 amide bonds. The number of halogens is 1. The number of benzene rings is 1. The molecule has 4 heteroatoms. The van der Waals surface area contributed by atoms with Gasteiger partial charge < -0.3 is 0 Å². The normalized spacial score (nSPS) is 11.2. The lowest BCUT2D eigenvalue weighted by Gasteiger charge is -2.01. The van der Waals surface area contributed by atoms with Gasteiger partial charge in [0.15, 0.2) is 9.84 Å². The minimum atomic E-state index is -3.22. The highest BCUT2D eigenvalue weighted by Gasteiger charge is 2.08. The lowest BCUT2D eigenvalue weighted by Crippen LogP contribution is -1.99. The van der Waals surface area contributed by atoms with Crippen molar-refractivity contribution in [1.82, 2.24) is 0 Å². The second-order valence-corrected chi connectivity index (χ2v) is 4.92. The van der Waals surface area contributed by atoms with Crippen LogP contribution in [0.4, 0.5) is 0 Å². The van der Waals surface area contributed by atoms with E-state index in [1.54, 1.807) is 24.3 Å². The first kappa shape index (κ1) is 10.3. The highest BCUT2D eigenvalue weighted by molar-refractivity contribution is 7.93.